The number of aromatic nitrogens is 1. The van der Waals surface area contributed by atoms with Crippen LogP contribution in [0.1, 0.15) is 40.9 Å². The molecule has 0 radical (unpaired) electrons. The smallest absolute Gasteiger partial charge is 0.252 e. The van der Waals surface area contributed by atoms with Crippen LogP contribution in [0.4, 0.5) is 5.82 Å². The van der Waals surface area contributed by atoms with Crippen molar-refractivity contribution in [2.45, 2.75) is 33.1 Å². The van der Waals surface area contributed by atoms with Crippen molar-refractivity contribution in [1.82, 2.24) is 4.98 Å². The van der Waals surface area contributed by atoms with E-state index in [9.17, 15) is 4.79 Å². The fraction of sp³-hybridized carbons (Fsp3) is 0.600. The molecular weight excluding hydrogens is 254 g/mol. The van der Waals surface area contributed by atoms with Crippen molar-refractivity contribution in [2.75, 3.05) is 25.1 Å². The van der Waals surface area contributed by atoms with Crippen LogP contribution in [-0.4, -0.2) is 30.6 Å². The topological polar surface area (TPSA) is 77.2 Å². The van der Waals surface area contributed by atoms with Crippen LogP contribution in [-0.2, 0) is 4.74 Å². The molecule has 5 heteroatoms. The van der Waals surface area contributed by atoms with E-state index in [1.165, 1.54) is 6.42 Å². The maximum Gasteiger partial charge on any atom is 0.252 e. The number of rotatable bonds is 5. The third-order valence-corrected chi connectivity index (χ3v) is 3.83. The molecule has 0 saturated carbocycles. The lowest BCUT2D eigenvalue weighted by Crippen LogP contribution is -2.21. The molecule has 0 spiro atoms. The van der Waals surface area contributed by atoms with Gasteiger partial charge in [0.1, 0.15) is 5.82 Å². The summed E-state index contributed by atoms with van der Waals surface area (Å²) in [6.45, 7) is 6.36. The molecule has 0 aliphatic carbocycles. The fourth-order valence-corrected chi connectivity index (χ4v) is 2.46. The van der Waals surface area contributed by atoms with Gasteiger partial charge >= 0.3 is 0 Å². The van der Waals surface area contributed by atoms with Gasteiger partial charge in [-0.2, -0.15) is 0 Å². The van der Waals surface area contributed by atoms with Crippen molar-refractivity contribution in [3.05, 3.63) is 22.9 Å². The minimum Gasteiger partial charge on any atom is -0.381 e. The molecule has 2 rings (SSSR count). The maximum atomic E-state index is 11.5. The number of primary amides is 1. The molecule has 0 bridgehead atoms. The highest BCUT2D eigenvalue weighted by atomic mass is 16.5. The number of hydrogen-bond donors (Lipinski definition) is 2. The average molecular weight is 277 g/mol. The highest BCUT2D eigenvalue weighted by Crippen LogP contribution is 2.19. The van der Waals surface area contributed by atoms with Crippen molar-refractivity contribution in [3.8, 4) is 0 Å². The molecule has 1 unspecified atom stereocenters. The van der Waals surface area contributed by atoms with E-state index >= 15 is 0 Å². The van der Waals surface area contributed by atoms with Gasteiger partial charge in [-0.1, -0.05) is 0 Å². The van der Waals surface area contributed by atoms with Crippen LogP contribution in [0.25, 0.3) is 0 Å². The fourth-order valence-electron chi connectivity index (χ4n) is 2.46. The SMILES string of the molecule is Cc1cc(C(N)=O)c(NCCC2CCCOC2)nc1C. The van der Waals surface area contributed by atoms with Gasteiger partial charge in [0.15, 0.2) is 0 Å². The van der Waals surface area contributed by atoms with Crippen LogP contribution in [0.5, 0.6) is 0 Å². The van der Waals surface area contributed by atoms with Gasteiger partial charge in [-0.15, -0.1) is 0 Å². The maximum absolute atomic E-state index is 11.5. The van der Waals surface area contributed by atoms with E-state index in [0.29, 0.717) is 17.3 Å². The Labute approximate surface area is 119 Å². The number of nitrogens with two attached hydrogens (primary N) is 1. The highest BCUT2D eigenvalue weighted by molar-refractivity contribution is 5.97. The molecule has 0 aromatic carbocycles. The van der Waals surface area contributed by atoms with Crippen LogP contribution in [0, 0.1) is 19.8 Å². The first-order valence-electron chi connectivity index (χ1n) is 7.17. The van der Waals surface area contributed by atoms with Crippen LogP contribution in [0.2, 0.25) is 0 Å². The van der Waals surface area contributed by atoms with E-state index in [-0.39, 0.29) is 0 Å². The van der Waals surface area contributed by atoms with Gasteiger partial charge in [0.05, 0.1) is 5.56 Å². The number of carbonyl (C=O) groups excluding carboxylic acids is 1. The lowest BCUT2D eigenvalue weighted by Gasteiger charge is -2.22. The van der Waals surface area contributed by atoms with E-state index in [4.69, 9.17) is 10.5 Å². The quantitative estimate of drug-likeness (QED) is 0.863. The number of nitrogens with one attached hydrogen (secondary N) is 1. The first kappa shape index (κ1) is 14.8. The minimum absolute atomic E-state index is 0.441. The Bertz CT molecular complexity index is 482. The molecule has 2 heterocycles. The van der Waals surface area contributed by atoms with Gasteiger partial charge in [0.25, 0.3) is 5.91 Å². The zero-order valence-corrected chi connectivity index (χ0v) is 12.2. The number of ether oxygens (including phenoxy) is 1. The van der Waals surface area contributed by atoms with E-state index in [1.54, 1.807) is 6.07 Å². The Morgan fingerprint density at radius 3 is 3.00 bits per heavy atom. The molecule has 1 aromatic rings. The molecule has 5 nitrogen and oxygen atoms in total. The largest absolute Gasteiger partial charge is 0.381 e. The molecule has 1 aliphatic rings. The summed E-state index contributed by atoms with van der Waals surface area (Å²) in [4.78, 5) is 15.9. The summed E-state index contributed by atoms with van der Waals surface area (Å²) in [5, 5.41) is 3.24. The van der Waals surface area contributed by atoms with Gasteiger partial charge in [-0.3, -0.25) is 4.79 Å². The molecule has 1 atom stereocenters. The van der Waals surface area contributed by atoms with Crippen molar-refractivity contribution in [1.29, 1.82) is 0 Å². The summed E-state index contributed by atoms with van der Waals surface area (Å²) in [7, 11) is 0. The molecule has 1 fully saturated rings. The molecule has 1 aromatic heterocycles. The molecule has 20 heavy (non-hydrogen) atoms. The van der Waals surface area contributed by atoms with E-state index in [0.717, 1.165) is 43.9 Å². The number of hydrogen-bond acceptors (Lipinski definition) is 4. The summed E-state index contributed by atoms with van der Waals surface area (Å²) < 4.78 is 5.46. The number of aryl methyl sites for hydroxylation is 2. The van der Waals surface area contributed by atoms with Crippen LogP contribution in [0.15, 0.2) is 6.07 Å². The van der Waals surface area contributed by atoms with Crippen molar-refractivity contribution < 1.29 is 9.53 Å². The molecular formula is C15H23N3O2. The molecule has 3 N–H and O–H groups in total. The molecule has 1 aliphatic heterocycles. The van der Waals surface area contributed by atoms with E-state index in [1.807, 2.05) is 13.8 Å². The van der Waals surface area contributed by atoms with Gasteiger partial charge in [0, 0.05) is 25.5 Å². The monoisotopic (exact) mass is 277 g/mol. The summed E-state index contributed by atoms with van der Waals surface area (Å²) in [6.07, 6.45) is 3.37. The Balaban J connectivity index is 1.97. The second-order valence-corrected chi connectivity index (χ2v) is 5.45. The Morgan fingerprint density at radius 1 is 1.55 bits per heavy atom. The second kappa shape index (κ2) is 6.70. The Hall–Kier alpha value is -1.62. The lowest BCUT2D eigenvalue weighted by atomic mass is 9.99. The third kappa shape index (κ3) is 3.70. The van der Waals surface area contributed by atoms with Gasteiger partial charge in [-0.25, -0.2) is 4.98 Å². The average Bonchev–Trinajstić information content (AvgIpc) is 2.43. The van der Waals surface area contributed by atoms with Crippen molar-refractivity contribution in [3.63, 3.8) is 0 Å². The summed E-state index contributed by atoms with van der Waals surface area (Å²) in [5.41, 5.74) is 7.77. The normalized spacial score (nSPS) is 18.8. The summed E-state index contributed by atoms with van der Waals surface area (Å²) >= 11 is 0. The number of pyridine rings is 1. The second-order valence-electron chi connectivity index (χ2n) is 5.45. The number of anilines is 1. The van der Waals surface area contributed by atoms with E-state index in [2.05, 4.69) is 10.3 Å². The number of amides is 1. The number of nitrogens with zero attached hydrogens (tertiary/aromatic N) is 1. The number of carbonyl (C=O) groups is 1. The van der Waals surface area contributed by atoms with Gasteiger partial charge < -0.3 is 15.8 Å². The molecule has 110 valence electrons. The first-order valence-corrected chi connectivity index (χ1v) is 7.17. The van der Waals surface area contributed by atoms with Crippen LogP contribution in [0.3, 0.4) is 0 Å². The zero-order valence-electron chi connectivity index (χ0n) is 12.2. The van der Waals surface area contributed by atoms with Crippen LogP contribution >= 0.6 is 0 Å². The highest BCUT2D eigenvalue weighted by Gasteiger charge is 2.15. The van der Waals surface area contributed by atoms with Crippen molar-refractivity contribution >= 4 is 11.7 Å². The summed E-state index contributed by atoms with van der Waals surface area (Å²) in [6, 6.07) is 1.80. The zero-order chi connectivity index (χ0) is 14.5. The van der Waals surface area contributed by atoms with Crippen molar-refractivity contribution in [2.24, 2.45) is 11.7 Å². The predicted molar refractivity (Wildman–Crippen MR) is 78.9 cm³/mol. The Kier molecular flexibility index (Phi) is 4.95. The van der Waals surface area contributed by atoms with Gasteiger partial charge in [0.2, 0.25) is 0 Å². The van der Waals surface area contributed by atoms with Crippen LogP contribution < -0.4 is 11.1 Å². The third-order valence-electron chi connectivity index (χ3n) is 3.83. The van der Waals surface area contributed by atoms with E-state index < -0.39 is 5.91 Å². The van der Waals surface area contributed by atoms with Gasteiger partial charge in [-0.05, 0) is 50.7 Å². The minimum atomic E-state index is -0.441. The summed E-state index contributed by atoms with van der Waals surface area (Å²) in [5.74, 6) is 0.751. The molecule has 1 saturated heterocycles. The molecule has 1 amide bonds. The predicted octanol–water partition coefficient (Wildman–Crippen LogP) is 2.03. The standard InChI is InChI=1S/C15H23N3O2/c1-10-8-13(14(16)19)15(18-11(10)2)17-6-5-12-4-3-7-20-9-12/h8,12H,3-7,9H2,1-2H3,(H2,16,19)(H,17,18). The lowest BCUT2D eigenvalue weighted by molar-refractivity contribution is 0.0530. The first-order chi connectivity index (χ1) is 9.58. The Morgan fingerprint density at radius 2 is 2.35 bits per heavy atom.